The number of nitrogens with zero attached hydrogens (tertiary/aromatic N) is 1. The van der Waals surface area contributed by atoms with Crippen molar-refractivity contribution in [2.75, 3.05) is 19.6 Å². The Hall–Kier alpha value is -2.14. The van der Waals surface area contributed by atoms with E-state index in [2.05, 4.69) is 5.32 Å². The summed E-state index contributed by atoms with van der Waals surface area (Å²) in [5.41, 5.74) is 3.44. The molecule has 1 aliphatic heterocycles. The zero-order chi connectivity index (χ0) is 15.0. The molecule has 0 spiro atoms. The van der Waals surface area contributed by atoms with Crippen molar-refractivity contribution in [1.82, 2.24) is 10.2 Å². The first-order valence-corrected chi connectivity index (χ1v) is 7.06. The Morgan fingerprint density at radius 1 is 1.19 bits per heavy atom. The van der Waals surface area contributed by atoms with Gasteiger partial charge in [0.2, 0.25) is 5.91 Å². The second-order valence-electron chi connectivity index (χ2n) is 5.58. The molecule has 2 aromatic rings. The molecule has 110 valence electrons. The molecule has 0 saturated carbocycles. The number of benzene rings is 1. The summed E-state index contributed by atoms with van der Waals surface area (Å²) in [5, 5.41) is 3.75. The van der Waals surface area contributed by atoms with Crippen LogP contribution in [0.2, 0.25) is 0 Å². The molecule has 1 aromatic carbocycles. The van der Waals surface area contributed by atoms with Crippen molar-refractivity contribution in [3.05, 3.63) is 45.3 Å². The lowest BCUT2D eigenvalue weighted by Gasteiger charge is -2.26. The van der Waals surface area contributed by atoms with Crippen molar-refractivity contribution in [3.8, 4) is 0 Å². The molecule has 1 aliphatic rings. The Kier molecular flexibility index (Phi) is 3.51. The predicted octanol–water partition coefficient (Wildman–Crippen LogP) is 1.34. The van der Waals surface area contributed by atoms with Crippen LogP contribution in [0.5, 0.6) is 0 Å². The summed E-state index contributed by atoms with van der Waals surface area (Å²) in [6.45, 7) is 6.42. The summed E-state index contributed by atoms with van der Waals surface area (Å²) < 4.78 is 5.30. The van der Waals surface area contributed by atoms with Crippen LogP contribution in [0.15, 0.2) is 27.4 Å². The molecule has 2 heterocycles. The van der Waals surface area contributed by atoms with Gasteiger partial charge in [0.05, 0.1) is 6.54 Å². The molecule has 1 aromatic heterocycles. The van der Waals surface area contributed by atoms with Crippen molar-refractivity contribution >= 4 is 16.9 Å². The van der Waals surface area contributed by atoms with Crippen molar-refractivity contribution in [2.45, 2.75) is 20.4 Å². The number of carbonyl (C=O) groups excluding carboxylic acids is 1. The fourth-order valence-corrected chi connectivity index (χ4v) is 2.68. The highest BCUT2D eigenvalue weighted by Gasteiger charge is 2.18. The highest BCUT2D eigenvalue weighted by Crippen LogP contribution is 2.22. The number of piperazine rings is 1. The molecule has 0 unspecified atom stereocenters. The number of fused-ring (bicyclic) bond motifs is 1. The van der Waals surface area contributed by atoms with Gasteiger partial charge in [-0.15, -0.1) is 0 Å². The fourth-order valence-electron chi connectivity index (χ4n) is 2.68. The van der Waals surface area contributed by atoms with E-state index in [1.165, 1.54) is 6.07 Å². The molecule has 0 atom stereocenters. The van der Waals surface area contributed by atoms with Crippen LogP contribution in [0.1, 0.15) is 16.7 Å². The number of hydrogen-bond donors (Lipinski definition) is 1. The summed E-state index contributed by atoms with van der Waals surface area (Å²) >= 11 is 0. The number of rotatable bonds is 2. The predicted molar refractivity (Wildman–Crippen MR) is 80.2 cm³/mol. The molecule has 21 heavy (non-hydrogen) atoms. The van der Waals surface area contributed by atoms with Crippen LogP contribution in [-0.4, -0.2) is 30.4 Å². The van der Waals surface area contributed by atoms with Gasteiger partial charge in [0.25, 0.3) is 0 Å². The van der Waals surface area contributed by atoms with E-state index in [0.717, 1.165) is 28.6 Å². The summed E-state index contributed by atoms with van der Waals surface area (Å²) in [6.07, 6.45) is 0. The second-order valence-corrected chi connectivity index (χ2v) is 5.58. The first-order chi connectivity index (χ1) is 10.0. The van der Waals surface area contributed by atoms with E-state index in [9.17, 15) is 9.59 Å². The minimum Gasteiger partial charge on any atom is -0.423 e. The maximum atomic E-state index is 11.7. The highest BCUT2D eigenvalue weighted by molar-refractivity contribution is 5.82. The monoisotopic (exact) mass is 286 g/mol. The van der Waals surface area contributed by atoms with Crippen molar-refractivity contribution in [1.29, 1.82) is 0 Å². The zero-order valence-electron chi connectivity index (χ0n) is 12.2. The largest absolute Gasteiger partial charge is 0.423 e. The third-order valence-electron chi connectivity index (χ3n) is 3.96. The lowest BCUT2D eigenvalue weighted by atomic mass is 10.0. The maximum absolute atomic E-state index is 11.7. The smallest absolute Gasteiger partial charge is 0.336 e. The molecule has 0 radical (unpaired) electrons. The molecule has 3 rings (SSSR count). The Morgan fingerprint density at radius 3 is 2.71 bits per heavy atom. The first-order valence-electron chi connectivity index (χ1n) is 7.06. The van der Waals surface area contributed by atoms with Crippen molar-refractivity contribution in [2.24, 2.45) is 0 Å². The van der Waals surface area contributed by atoms with Gasteiger partial charge >= 0.3 is 5.63 Å². The quantitative estimate of drug-likeness (QED) is 0.846. The SMILES string of the molecule is Cc1cc2oc(=O)cc(CN3CCNC(=O)C3)c2cc1C. The lowest BCUT2D eigenvalue weighted by molar-refractivity contribution is -0.124. The minimum atomic E-state index is -0.345. The van der Waals surface area contributed by atoms with Crippen LogP contribution in [0.25, 0.3) is 11.0 Å². The van der Waals surface area contributed by atoms with Gasteiger partial charge in [-0.3, -0.25) is 9.69 Å². The van der Waals surface area contributed by atoms with Crippen LogP contribution < -0.4 is 10.9 Å². The molecular formula is C16H18N2O3. The van der Waals surface area contributed by atoms with Gasteiger partial charge in [-0.1, -0.05) is 0 Å². The van der Waals surface area contributed by atoms with Gasteiger partial charge in [-0.2, -0.15) is 0 Å². The van der Waals surface area contributed by atoms with Gasteiger partial charge in [0.1, 0.15) is 5.58 Å². The molecule has 1 saturated heterocycles. The number of hydrogen-bond acceptors (Lipinski definition) is 4. The first kappa shape index (κ1) is 13.8. The van der Waals surface area contributed by atoms with Gasteiger partial charge < -0.3 is 9.73 Å². The minimum absolute atomic E-state index is 0.0283. The molecule has 0 bridgehead atoms. The molecule has 0 aliphatic carbocycles. The third-order valence-corrected chi connectivity index (χ3v) is 3.96. The molecule has 1 N–H and O–H groups in total. The summed E-state index contributed by atoms with van der Waals surface area (Å²) in [4.78, 5) is 25.2. The Labute approximate surface area is 122 Å². The van der Waals surface area contributed by atoms with Crippen LogP contribution in [0.4, 0.5) is 0 Å². The molecule has 1 amide bonds. The number of amides is 1. The Bertz CT molecular complexity index is 764. The van der Waals surface area contributed by atoms with E-state index >= 15 is 0 Å². The van der Waals surface area contributed by atoms with Gasteiger partial charge in [0, 0.05) is 31.1 Å². The Morgan fingerprint density at radius 2 is 1.95 bits per heavy atom. The van der Waals surface area contributed by atoms with Gasteiger partial charge in [0.15, 0.2) is 0 Å². The molecular weight excluding hydrogens is 268 g/mol. The van der Waals surface area contributed by atoms with E-state index < -0.39 is 0 Å². The zero-order valence-corrected chi connectivity index (χ0v) is 12.2. The second kappa shape index (κ2) is 5.33. The average Bonchev–Trinajstić information content (AvgIpc) is 2.41. The third kappa shape index (κ3) is 2.83. The van der Waals surface area contributed by atoms with Crippen molar-refractivity contribution < 1.29 is 9.21 Å². The summed E-state index contributed by atoms with van der Waals surface area (Å²) in [6, 6.07) is 5.48. The van der Waals surface area contributed by atoms with E-state index in [4.69, 9.17) is 4.42 Å². The van der Waals surface area contributed by atoms with Gasteiger partial charge in [-0.05, 0) is 42.7 Å². The van der Waals surface area contributed by atoms with Crippen LogP contribution in [0.3, 0.4) is 0 Å². The highest BCUT2D eigenvalue weighted by atomic mass is 16.4. The number of carbonyl (C=O) groups is 1. The topological polar surface area (TPSA) is 62.6 Å². The van der Waals surface area contributed by atoms with E-state index in [1.807, 2.05) is 30.9 Å². The van der Waals surface area contributed by atoms with Gasteiger partial charge in [-0.25, -0.2) is 4.79 Å². The normalized spacial score (nSPS) is 16.2. The molecule has 5 heteroatoms. The van der Waals surface area contributed by atoms with Crippen LogP contribution in [-0.2, 0) is 11.3 Å². The number of aryl methyl sites for hydroxylation is 2. The van der Waals surface area contributed by atoms with Crippen LogP contribution in [0, 0.1) is 13.8 Å². The van der Waals surface area contributed by atoms with E-state index in [-0.39, 0.29) is 11.5 Å². The van der Waals surface area contributed by atoms with Crippen LogP contribution >= 0.6 is 0 Å². The lowest BCUT2D eigenvalue weighted by Crippen LogP contribution is -2.47. The summed E-state index contributed by atoms with van der Waals surface area (Å²) in [5.74, 6) is 0.0283. The molecule has 5 nitrogen and oxygen atoms in total. The fraction of sp³-hybridized carbons (Fsp3) is 0.375. The Balaban J connectivity index is 2.02. The van der Waals surface area contributed by atoms with E-state index in [1.54, 1.807) is 0 Å². The van der Waals surface area contributed by atoms with Crippen molar-refractivity contribution in [3.63, 3.8) is 0 Å². The maximum Gasteiger partial charge on any atom is 0.336 e. The summed E-state index contributed by atoms with van der Waals surface area (Å²) in [7, 11) is 0. The van der Waals surface area contributed by atoms with E-state index in [0.29, 0.717) is 25.2 Å². The average molecular weight is 286 g/mol. The standard InChI is InChI=1S/C16H18N2O3/c1-10-5-13-12(8-18-4-3-17-15(19)9-18)7-16(20)21-14(13)6-11(10)2/h5-7H,3-4,8-9H2,1-2H3,(H,17,19). The number of nitrogens with one attached hydrogen (secondary N) is 1. The molecule has 1 fully saturated rings.